The van der Waals surface area contributed by atoms with Crippen LogP contribution >= 0.6 is 0 Å². The molecule has 5 nitrogen and oxygen atoms in total. The molecule has 0 bridgehead atoms. The molecule has 0 aromatic heterocycles. The van der Waals surface area contributed by atoms with Gasteiger partial charge in [-0.15, -0.1) is 0 Å². The Labute approximate surface area is 134 Å². The first-order valence-corrected chi connectivity index (χ1v) is 7.29. The highest BCUT2D eigenvalue weighted by molar-refractivity contribution is 5.79. The number of hydrogen-bond acceptors (Lipinski definition) is 5. The van der Waals surface area contributed by atoms with Gasteiger partial charge in [-0.1, -0.05) is 30.3 Å². The van der Waals surface area contributed by atoms with Gasteiger partial charge >= 0.3 is 5.97 Å². The van der Waals surface area contributed by atoms with Crippen molar-refractivity contribution in [1.29, 1.82) is 0 Å². The molecule has 1 aromatic carbocycles. The number of halogens is 2. The number of esters is 1. The fourth-order valence-electron chi connectivity index (χ4n) is 2.13. The molecule has 0 aliphatic carbocycles. The zero-order valence-corrected chi connectivity index (χ0v) is 13.5. The predicted molar refractivity (Wildman–Crippen MR) is 83.0 cm³/mol. The number of hydrogen-bond donors (Lipinski definition) is 3. The summed E-state index contributed by atoms with van der Waals surface area (Å²) in [6, 6.07) is 6.58. The Morgan fingerprint density at radius 2 is 1.78 bits per heavy atom. The van der Waals surface area contributed by atoms with Crippen LogP contribution in [-0.4, -0.2) is 41.3 Å². The van der Waals surface area contributed by atoms with Gasteiger partial charge in [-0.2, -0.15) is 0 Å². The van der Waals surface area contributed by atoms with Gasteiger partial charge in [0, 0.05) is 0 Å². The molecule has 3 unspecified atom stereocenters. The van der Waals surface area contributed by atoms with Crippen molar-refractivity contribution in [2.75, 3.05) is 6.54 Å². The zero-order valence-electron chi connectivity index (χ0n) is 13.5. The Kier molecular flexibility index (Phi) is 6.21. The van der Waals surface area contributed by atoms with Gasteiger partial charge in [0.25, 0.3) is 5.92 Å². The summed E-state index contributed by atoms with van der Waals surface area (Å²) in [7, 11) is 0. The predicted octanol–water partition coefficient (Wildman–Crippen LogP) is 1.39. The lowest BCUT2D eigenvalue weighted by atomic mass is 9.86. The molecule has 0 spiro atoms. The summed E-state index contributed by atoms with van der Waals surface area (Å²) >= 11 is 0. The Morgan fingerprint density at radius 1 is 1.26 bits per heavy atom. The van der Waals surface area contributed by atoms with Crippen LogP contribution in [0.2, 0.25) is 0 Å². The highest BCUT2D eigenvalue weighted by Gasteiger charge is 2.46. The van der Waals surface area contributed by atoms with Gasteiger partial charge in [0.1, 0.15) is 11.7 Å². The summed E-state index contributed by atoms with van der Waals surface area (Å²) in [6.45, 7) is 3.90. The van der Waals surface area contributed by atoms with Crippen molar-refractivity contribution in [1.82, 2.24) is 0 Å². The third-order valence-corrected chi connectivity index (χ3v) is 3.27. The first-order chi connectivity index (χ1) is 10.5. The SMILES string of the molecule is CC(C)(C)OC(=O)C(c1ccccc1)C(N)C(O)C(F)(F)CN. The van der Waals surface area contributed by atoms with E-state index in [1.165, 1.54) is 0 Å². The van der Waals surface area contributed by atoms with Crippen LogP contribution in [0.5, 0.6) is 0 Å². The van der Waals surface area contributed by atoms with Crippen LogP contribution < -0.4 is 11.5 Å². The van der Waals surface area contributed by atoms with Crippen LogP contribution in [0.3, 0.4) is 0 Å². The van der Waals surface area contributed by atoms with Gasteiger partial charge in [0.05, 0.1) is 18.5 Å². The molecular weight excluding hydrogens is 306 g/mol. The van der Waals surface area contributed by atoms with Gasteiger partial charge in [-0.25, -0.2) is 8.78 Å². The first kappa shape index (κ1) is 19.5. The molecular formula is C16H24F2N2O3. The van der Waals surface area contributed by atoms with Crippen LogP contribution in [0.1, 0.15) is 32.3 Å². The van der Waals surface area contributed by atoms with E-state index in [4.69, 9.17) is 16.2 Å². The molecule has 0 radical (unpaired) electrons. The lowest BCUT2D eigenvalue weighted by Crippen LogP contribution is -2.55. The van der Waals surface area contributed by atoms with Crippen LogP contribution in [0, 0.1) is 0 Å². The summed E-state index contributed by atoms with van der Waals surface area (Å²) in [6.07, 6.45) is -2.27. The molecule has 3 atom stereocenters. The minimum absolute atomic E-state index is 0.390. The highest BCUT2D eigenvalue weighted by Crippen LogP contribution is 2.29. The van der Waals surface area contributed by atoms with Crippen molar-refractivity contribution in [3.05, 3.63) is 35.9 Å². The van der Waals surface area contributed by atoms with Crippen molar-refractivity contribution in [2.45, 2.75) is 50.4 Å². The van der Waals surface area contributed by atoms with E-state index in [0.717, 1.165) is 0 Å². The van der Waals surface area contributed by atoms with Crippen LogP contribution in [0.15, 0.2) is 30.3 Å². The van der Waals surface area contributed by atoms with Crippen molar-refractivity contribution < 1.29 is 23.4 Å². The third-order valence-electron chi connectivity index (χ3n) is 3.27. The standard InChI is InChI=1S/C16H24F2N2O3/c1-15(2,3)23-14(22)11(10-7-5-4-6-8-10)12(20)13(21)16(17,18)9-19/h4-8,11-13,21H,9,19-20H2,1-3H3. The number of benzene rings is 1. The minimum Gasteiger partial charge on any atom is -0.459 e. The minimum atomic E-state index is -3.60. The van der Waals surface area contributed by atoms with Crippen LogP contribution in [0.25, 0.3) is 0 Å². The molecule has 1 aromatic rings. The number of carbonyl (C=O) groups excluding carboxylic acids is 1. The van der Waals surface area contributed by atoms with Gasteiger partial charge in [0.2, 0.25) is 0 Å². The third kappa shape index (κ3) is 5.23. The maximum absolute atomic E-state index is 13.7. The van der Waals surface area contributed by atoms with E-state index in [2.05, 4.69) is 0 Å². The smallest absolute Gasteiger partial charge is 0.315 e. The van der Waals surface area contributed by atoms with E-state index in [1.807, 2.05) is 0 Å². The number of alkyl halides is 2. The molecule has 130 valence electrons. The molecule has 23 heavy (non-hydrogen) atoms. The monoisotopic (exact) mass is 330 g/mol. The summed E-state index contributed by atoms with van der Waals surface area (Å²) in [4.78, 5) is 12.4. The molecule has 0 aliphatic rings. The van der Waals surface area contributed by atoms with Gasteiger partial charge < -0.3 is 21.3 Å². The average Bonchev–Trinajstić information content (AvgIpc) is 2.45. The van der Waals surface area contributed by atoms with E-state index in [0.29, 0.717) is 5.56 Å². The van der Waals surface area contributed by atoms with Crippen LogP contribution in [0.4, 0.5) is 8.78 Å². The fourth-order valence-corrected chi connectivity index (χ4v) is 2.13. The second-order valence-electron chi connectivity index (χ2n) is 6.41. The van der Waals surface area contributed by atoms with E-state index in [1.54, 1.807) is 51.1 Å². The normalized spacial score (nSPS) is 16.5. The summed E-state index contributed by atoms with van der Waals surface area (Å²) in [5.74, 6) is -5.61. The highest BCUT2D eigenvalue weighted by atomic mass is 19.3. The number of rotatable bonds is 6. The quantitative estimate of drug-likeness (QED) is 0.685. The molecule has 5 N–H and O–H groups in total. The molecule has 0 aliphatic heterocycles. The molecule has 7 heteroatoms. The first-order valence-electron chi connectivity index (χ1n) is 7.29. The van der Waals surface area contributed by atoms with E-state index in [-0.39, 0.29) is 0 Å². The number of carbonyl (C=O) groups is 1. The Hall–Kier alpha value is -1.57. The summed E-state index contributed by atoms with van der Waals surface area (Å²) in [5, 5.41) is 9.86. The van der Waals surface area contributed by atoms with E-state index in [9.17, 15) is 18.7 Å². The molecule has 0 saturated heterocycles. The lowest BCUT2D eigenvalue weighted by molar-refractivity contribution is -0.161. The zero-order chi connectivity index (χ0) is 17.8. The van der Waals surface area contributed by atoms with Crippen molar-refractivity contribution in [3.63, 3.8) is 0 Å². The van der Waals surface area contributed by atoms with Gasteiger partial charge in [-0.05, 0) is 26.3 Å². The molecule has 0 amide bonds. The maximum atomic E-state index is 13.7. The summed E-state index contributed by atoms with van der Waals surface area (Å²) < 4.78 is 32.6. The number of ether oxygens (including phenoxy) is 1. The van der Waals surface area contributed by atoms with E-state index >= 15 is 0 Å². The Bertz CT molecular complexity index is 518. The number of aliphatic hydroxyl groups is 1. The Balaban J connectivity index is 3.17. The molecule has 1 rings (SSSR count). The van der Waals surface area contributed by atoms with Crippen molar-refractivity contribution in [2.24, 2.45) is 11.5 Å². The number of nitrogens with two attached hydrogens (primary N) is 2. The summed E-state index contributed by atoms with van der Waals surface area (Å²) in [5.41, 5.74) is 10.3. The van der Waals surface area contributed by atoms with Crippen LogP contribution in [-0.2, 0) is 9.53 Å². The fraction of sp³-hybridized carbons (Fsp3) is 0.562. The maximum Gasteiger partial charge on any atom is 0.315 e. The van der Waals surface area contributed by atoms with E-state index < -0.39 is 42.1 Å². The second kappa shape index (κ2) is 7.33. The largest absolute Gasteiger partial charge is 0.459 e. The molecule has 0 fully saturated rings. The molecule has 0 saturated carbocycles. The van der Waals surface area contributed by atoms with Gasteiger partial charge in [0.15, 0.2) is 0 Å². The number of aliphatic hydroxyl groups excluding tert-OH is 1. The van der Waals surface area contributed by atoms with Gasteiger partial charge in [-0.3, -0.25) is 4.79 Å². The molecule has 0 heterocycles. The average molecular weight is 330 g/mol. The Morgan fingerprint density at radius 3 is 2.22 bits per heavy atom. The second-order valence-corrected chi connectivity index (χ2v) is 6.41. The topological polar surface area (TPSA) is 98.6 Å². The van der Waals surface area contributed by atoms with Crippen molar-refractivity contribution in [3.8, 4) is 0 Å². The van der Waals surface area contributed by atoms with Crippen molar-refractivity contribution >= 4 is 5.97 Å². The lowest BCUT2D eigenvalue weighted by Gasteiger charge is -2.32.